The molecule has 21 heavy (non-hydrogen) atoms. The number of nitrogens with zero attached hydrogens (tertiary/aromatic N) is 1. The van der Waals surface area contributed by atoms with Gasteiger partial charge < -0.3 is 10.1 Å². The molecule has 0 aliphatic carbocycles. The minimum absolute atomic E-state index is 0.200. The van der Waals surface area contributed by atoms with Crippen LogP contribution in [-0.4, -0.2) is 11.5 Å². The summed E-state index contributed by atoms with van der Waals surface area (Å²) >= 11 is 3.22. The molecule has 0 saturated heterocycles. The van der Waals surface area contributed by atoms with E-state index in [1.807, 2.05) is 6.07 Å². The molecule has 2 rings (SSSR count). The molecule has 0 radical (unpaired) electrons. The summed E-state index contributed by atoms with van der Waals surface area (Å²) in [6, 6.07) is 8.24. The zero-order valence-corrected chi connectivity index (χ0v) is 13.7. The smallest absolute Gasteiger partial charge is 0.166 e. The van der Waals surface area contributed by atoms with Gasteiger partial charge in [0.15, 0.2) is 11.6 Å². The van der Waals surface area contributed by atoms with Crippen molar-refractivity contribution in [3.63, 3.8) is 0 Å². The Morgan fingerprint density at radius 1 is 1.29 bits per heavy atom. The molecule has 3 nitrogen and oxygen atoms in total. The lowest BCUT2D eigenvalue weighted by Gasteiger charge is -2.10. The normalized spacial score (nSPS) is 10.9. The van der Waals surface area contributed by atoms with E-state index >= 15 is 0 Å². The number of aromatic nitrogens is 1. The van der Waals surface area contributed by atoms with Crippen LogP contribution in [0.3, 0.4) is 0 Å². The molecular weight excluding hydrogens is 335 g/mol. The third-order valence-electron chi connectivity index (χ3n) is 2.77. The third-order valence-corrected chi connectivity index (χ3v) is 3.26. The summed E-state index contributed by atoms with van der Waals surface area (Å²) in [5.41, 5.74) is 0.866. The largest absolute Gasteiger partial charge is 0.454 e. The van der Waals surface area contributed by atoms with Crippen molar-refractivity contribution in [3.8, 4) is 11.5 Å². The van der Waals surface area contributed by atoms with Gasteiger partial charge in [-0.05, 0) is 36.7 Å². The van der Waals surface area contributed by atoms with Crippen molar-refractivity contribution in [3.05, 3.63) is 52.5 Å². The van der Waals surface area contributed by atoms with Crippen LogP contribution in [0.25, 0.3) is 0 Å². The molecule has 1 heterocycles. The van der Waals surface area contributed by atoms with Gasteiger partial charge in [0.25, 0.3) is 0 Å². The second-order valence-corrected chi connectivity index (χ2v) is 6.10. The first-order valence-corrected chi connectivity index (χ1v) is 7.62. The fourth-order valence-corrected chi connectivity index (χ4v) is 2.12. The van der Waals surface area contributed by atoms with Crippen LogP contribution >= 0.6 is 15.9 Å². The highest BCUT2D eigenvalue weighted by Crippen LogP contribution is 2.26. The van der Waals surface area contributed by atoms with Gasteiger partial charge in [-0.25, -0.2) is 4.39 Å². The SMILES string of the molecule is CC(C)CNCc1cc(Oc2ccc(Br)cc2F)ccn1. The maximum atomic E-state index is 13.7. The first-order chi connectivity index (χ1) is 10.0. The number of rotatable bonds is 6. The Bertz CT molecular complexity index is 605. The molecule has 0 unspecified atom stereocenters. The van der Waals surface area contributed by atoms with Crippen LogP contribution in [0.15, 0.2) is 41.0 Å². The molecule has 0 bridgehead atoms. The molecule has 1 aromatic heterocycles. The van der Waals surface area contributed by atoms with E-state index in [1.165, 1.54) is 6.07 Å². The van der Waals surface area contributed by atoms with E-state index < -0.39 is 5.82 Å². The summed E-state index contributed by atoms with van der Waals surface area (Å²) in [5.74, 6) is 0.958. The average molecular weight is 353 g/mol. The summed E-state index contributed by atoms with van der Waals surface area (Å²) in [7, 11) is 0. The minimum atomic E-state index is -0.402. The number of hydrogen-bond acceptors (Lipinski definition) is 3. The molecule has 0 spiro atoms. The van der Waals surface area contributed by atoms with Crippen molar-refractivity contribution in [2.75, 3.05) is 6.54 Å². The van der Waals surface area contributed by atoms with Crippen LogP contribution in [0.4, 0.5) is 4.39 Å². The highest BCUT2D eigenvalue weighted by Gasteiger charge is 2.06. The molecule has 0 fully saturated rings. The van der Waals surface area contributed by atoms with Gasteiger partial charge in [-0.2, -0.15) is 0 Å². The van der Waals surface area contributed by atoms with E-state index in [1.54, 1.807) is 24.4 Å². The topological polar surface area (TPSA) is 34.1 Å². The molecular formula is C16H18BrFN2O. The molecule has 112 valence electrons. The van der Waals surface area contributed by atoms with Gasteiger partial charge in [0.2, 0.25) is 0 Å². The van der Waals surface area contributed by atoms with Gasteiger partial charge in [0.05, 0.1) is 5.69 Å². The number of halogens is 2. The zero-order chi connectivity index (χ0) is 15.2. The van der Waals surface area contributed by atoms with Crippen molar-refractivity contribution in [2.45, 2.75) is 20.4 Å². The summed E-state index contributed by atoms with van der Waals surface area (Å²) in [4.78, 5) is 4.27. The Morgan fingerprint density at radius 2 is 2.10 bits per heavy atom. The number of benzene rings is 1. The number of hydrogen-bond donors (Lipinski definition) is 1. The monoisotopic (exact) mass is 352 g/mol. The van der Waals surface area contributed by atoms with E-state index in [0.29, 0.717) is 22.7 Å². The van der Waals surface area contributed by atoms with Crippen LogP contribution < -0.4 is 10.1 Å². The molecule has 0 aliphatic rings. The van der Waals surface area contributed by atoms with E-state index in [0.717, 1.165) is 12.2 Å². The van der Waals surface area contributed by atoms with Crippen molar-refractivity contribution in [2.24, 2.45) is 5.92 Å². The highest BCUT2D eigenvalue weighted by atomic mass is 79.9. The van der Waals surface area contributed by atoms with Gasteiger partial charge in [-0.15, -0.1) is 0 Å². The molecule has 0 aliphatic heterocycles. The minimum Gasteiger partial charge on any atom is -0.454 e. The summed E-state index contributed by atoms with van der Waals surface area (Å²) in [6.07, 6.45) is 1.67. The van der Waals surface area contributed by atoms with Crippen molar-refractivity contribution in [1.29, 1.82) is 0 Å². The predicted molar refractivity (Wildman–Crippen MR) is 85.0 cm³/mol. The lowest BCUT2D eigenvalue weighted by molar-refractivity contribution is 0.440. The van der Waals surface area contributed by atoms with Gasteiger partial charge in [-0.3, -0.25) is 4.98 Å². The Balaban J connectivity index is 2.03. The Hall–Kier alpha value is -1.46. The summed E-state index contributed by atoms with van der Waals surface area (Å²) in [5, 5.41) is 3.31. The Kier molecular flexibility index (Phi) is 5.70. The highest BCUT2D eigenvalue weighted by molar-refractivity contribution is 9.10. The van der Waals surface area contributed by atoms with Crippen LogP contribution in [0.1, 0.15) is 19.5 Å². The first-order valence-electron chi connectivity index (χ1n) is 6.83. The predicted octanol–water partition coefficient (Wildman–Crippen LogP) is 4.52. The second-order valence-electron chi connectivity index (χ2n) is 5.18. The quantitative estimate of drug-likeness (QED) is 0.829. The molecule has 1 N–H and O–H groups in total. The Morgan fingerprint density at radius 3 is 2.81 bits per heavy atom. The number of nitrogens with one attached hydrogen (secondary N) is 1. The molecule has 1 aromatic carbocycles. The van der Waals surface area contributed by atoms with Crippen molar-refractivity contribution < 1.29 is 9.13 Å². The van der Waals surface area contributed by atoms with Gasteiger partial charge in [-0.1, -0.05) is 29.8 Å². The van der Waals surface area contributed by atoms with Crippen LogP contribution in [0.5, 0.6) is 11.5 Å². The van der Waals surface area contributed by atoms with E-state index in [-0.39, 0.29) is 5.75 Å². The summed E-state index contributed by atoms with van der Waals surface area (Å²) in [6.45, 7) is 5.89. The average Bonchev–Trinajstić information content (AvgIpc) is 2.42. The fraction of sp³-hybridized carbons (Fsp3) is 0.312. The summed E-state index contributed by atoms with van der Waals surface area (Å²) < 4.78 is 20.0. The third kappa shape index (κ3) is 5.10. The first kappa shape index (κ1) is 15.9. The van der Waals surface area contributed by atoms with Gasteiger partial charge in [0, 0.05) is 23.3 Å². The molecule has 0 saturated carbocycles. The van der Waals surface area contributed by atoms with Gasteiger partial charge >= 0.3 is 0 Å². The lowest BCUT2D eigenvalue weighted by Crippen LogP contribution is -2.19. The van der Waals surface area contributed by atoms with Gasteiger partial charge in [0.1, 0.15) is 5.75 Å². The lowest BCUT2D eigenvalue weighted by atomic mass is 10.2. The van der Waals surface area contributed by atoms with E-state index in [4.69, 9.17) is 4.74 Å². The maximum Gasteiger partial charge on any atom is 0.166 e. The van der Waals surface area contributed by atoms with E-state index in [2.05, 4.69) is 40.1 Å². The molecule has 2 aromatic rings. The maximum absolute atomic E-state index is 13.7. The van der Waals surface area contributed by atoms with Crippen LogP contribution in [-0.2, 0) is 6.54 Å². The van der Waals surface area contributed by atoms with Crippen LogP contribution in [0, 0.1) is 11.7 Å². The number of ether oxygens (including phenoxy) is 1. The molecule has 0 amide bonds. The second kappa shape index (κ2) is 7.52. The van der Waals surface area contributed by atoms with Crippen molar-refractivity contribution in [1.82, 2.24) is 10.3 Å². The fourth-order valence-electron chi connectivity index (χ4n) is 1.79. The molecule has 0 atom stereocenters. The standard InChI is InChI=1S/C16H18BrFN2O/c1-11(2)9-19-10-13-8-14(5-6-20-13)21-16-4-3-12(17)7-15(16)18/h3-8,11,19H,9-10H2,1-2H3. The zero-order valence-electron chi connectivity index (χ0n) is 12.1. The van der Waals surface area contributed by atoms with Crippen LogP contribution in [0.2, 0.25) is 0 Å². The number of pyridine rings is 1. The van der Waals surface area contributed by atoms with E-state index in [9.17, 15) is 4.39 Å². The van der Waals surface area contributed by atoms with Crippen molar-refractivity contribution >= 4 is 15.9 Å². The molecule has 5 heteroatoms. The Labute approximate surface area is 132 Å².